The number of carbonyl (C=O) groups is 1. The van der Waals surface area contributed by atoms with Gasteiger partial charge in [0.15, 0.2) is 5.78 Å². The van der Waals surface area contributed by atoms with Crippen LogP contribution in [-0.2, 0) is 0 Å². The lowest BCUT2D eigenvalue weighted by atomic mass is 10.1. The van der Waals surface area contributed by atoms with Crippen molar-refractivity contribution in [3.8, 4) is 23.0 Å². The number of rotatable bonds is 8. The van der Waals surface area contributed by atoms with Gasteiger partial charge < -0.3 is 13.9 Å². The van der Waals surface area contributed by atoms with Crippen molar-refractivity contribution < 1.29 is 18.7 Å². The maximum absolute atomic E-state index is 12.3. The first-order valence-corrected chi connectivity index (χ1v) is 9.05. The van der Waals surface area contributed by atoms with E-state index in [9.17, 15) is 4.79 Å². The third kappa shape index (κ3) is 4.43. The molecule has 0 amide bonds. The Hall–Kier alpha value is -2.80. The fraction of sp³-hybridized carbons (Fsp3) is 0.211. The van der Waals surface area contributed by atoms with E-state index in [1.54, 1.807) is 31.4 Å². The second-order valence-electron chi connectivity index (χ2n) is 5.27. The van der Waals surface area contributed by atoms with Crippen molar-refractivity contribution in [3.05, 3.63) is 54.1 Å². The van der Waals surface area contributed by atoms with Crippen LogP contribution in [0.1, 0.15) is 17.3 Å². The van der Waals surface area contributed by atoms with E-state index in [2.05, 4.69) is 10.2 Å². The van der Waals surface area contributed by atoms with Crippen LogP contribution in [0.25, 0.3) is 11.5 Å². The highest BCUT2D eigenvalue weighted by atomic mass is 32.2. The smallest absolute Gasteiger partial charge is 0.277 e. The Labute approximate surface area is 155 Å². The summed E-state index contributed by atoms with van der Waals surface area (Å²) in [5.41, 5.74) is 1.42. The Kier molecular flexibility index (Phi) is 5.91. The number of ketones is 1. The van der Waals surface area contributed by atoms with E-state index in [4.69, 9.17) is 13.9 Å². The Bertz CT molecular complexity index is 860. The molecule has 0 fully saturated rings. The molecule has 0 spiro atoms. The Morgan fingerprint density at radius 3 is 2.38 bits per heavy atom. The second kappa shape index (κ2) is 8.53. The SMILES string of the molecule is CCOc1ccc(C(=O)CSc2nnc(-c3ccc(OC)cc3)o2)cc1. The van der Waals surface area contributed by atoms with Crippen LogP contribution < -0.4 is 9.47 Å². The molecule has 0 saturated carbocycles. The summed E-state index contributed by atoms with van der Waals surface area (Å²) < 4.78 is 16.1. The van der Waals surface area contributed by atoms with E-state index in [0.29, 0.717) is 23.3 Å². The molecule has 3 rings (SSSR count). The number of hydrogen-bond donors (Lipinski definition) is 0. The standard InChI is InChI=1S/C19H18N2O4S/c1-3-24-16-10-4-13(5-11-16)17(22)12-26-19-21-20-18(25-19)14-6-8-15(23-2)9-7-14/h4-11H,3,12H2,1-2H3. The lowest BCUT2D eigenvalue weighted by molar-refractivity contribution is 0.102. The molecule has 2 aromatic carbocycles. The minimum Gasteiger partial charge on any atom is -0.497 e. The van der Waals surface area contributed by atoms with E-state index in [-0.39, 0.29) is 11.5 Å². The van der Waals surface area contributed by atoms with Crippen molar-refractivity contribution in [1.82, 2.24) is 10.2 Å². The number of carbonyl (C=O) groups excluding carboxylic acids is 1. The van der Waals surface area contributed by atoms with Gasteiger partial charge in [0.05, 0.1) is 19.5 Å². The number of aromatic nitrogens is 2. The van der Waals surface area contributed by atoms with Crippen LogP contribution in [0.3, 0.4) is 0 Å². The summed E-state index contributed by atoms with van der Waals surface area (Å²) in [5, 5.41) is 8.36. The van der Waals surface area contributed by atoms with Crippen molar-refractivity contribution in [2.24, 2.45) is 0 Å². The quantitative estimate of drug-likeness (QED) is 0.436. The number of hydrogen-bond acceptors (Lipinski definition) is 7. The summed E-state index contributed by atoms with van der Waals surface area (Å²) in [6.07, 6.45) is 0. The molecule has 3 aromatic rings. The van der Waals surface area contributed by atoms with Gasteiger partial charge in [-0.3, -0.25) is 4.79 Å². The van der Waals surface area contributed by atoms with Gasteiger partial charge in [0.25, 0.3) is 5.22 Å². The predicted molar refractivity (Wildman–Crippen MR) is 99.0 cm³/mol. The third-order valence-corrected chi connectivity index (χ3v) is 4.38. The summed E-state index contributed by atoms with van der Waals surface area (Å²) in [4.78, 5) is 12.3. The number of benzene rings is 2. The van der Waals surface area contributed by atoms with Crippen LogP contribution in [0.2, 0.25) is 0 Å². The maximum atomic E-state index is 12.3. The molecular weight excluding hydrogens is 352 g/mol. The normalized spacial score (nSPS) is 10.5. The summed E-state index contributed by atoms with van der Waals surface area (Å²) in [7, 11) is 1.61. The van der Waals surface area contributed by atoms with Gasteiger partial charge in [0.1, 0.15) is 11.5 Å². The molecule has 7 heteroatoms. The van der Waals surface area contributed by atoms with Crippen molar-refractivity contribution in [1.29, 1.82) is 0 Å². The molecule has 0 atom stereocenters. The van der Waals surface area contributed by atoms with Crippen LogP contribution in [0.15, 0.2) is 58.2 Å². The zero-order valence-corrected chi connectivity index (χ0v) is 15.3. The van der Waals surface area contributed by atoms with Crippen LogP contribution in [0.4, 0.5) is 0 Å². The van der Waals surface area contributed by atoms with Gasteiger partial charge in [-0.2, -0.15) is 0 Å². The summed E-state index contributed by atoms with van der Waals surface area (Å²) in [6.45, 7) is 2.51. The van der Waals surface area contributed by atoms with Crippen LogP contribution >= 0.6 is 11.8 Å². The number of nitrogens with zero attached hydrogens (tertiary/aromatic N) is 2. The molecule has 134 valence electrons. The molecule has 0 aliphatic rings. The van der Waals surface area contributed by atoms with E-state index in [1.165, 1.54) is 11.8 Å². The number of methoxy groups -OCH3 is 1. The molecular formula is C19H18N2O4S. The van der Waals surface area contributed by atoms with Gasteiger partial charge in [-0.05, 0) is 55.5 Å². The van der Waals surface area contributed by atoms with E-state index in [1.807, 2.05) is 31.2 Å². The molecule has 6 nitrogen and oxygen atoms in total. The van der Waals surface area contributed by atoms with Crippen molar-refractivity contribution in [2.75, 3.05) is 19.5 Å². The highest BCUT2D eigenvalue weighted by Gasteiger charge is 2.12. The predicted octanol–water partition coefficient (Wildman–Crippen LogP) is 4.12. The van der Waals surface area contributed by atoms with Crippen LogP contribution in [-0.4, -0.2) is 35.5 Å². The maximum Gasteiger partial charge on any atom is 0.277 e. The van der Waals surface area contributed by atoms with Crippen molar-refractivity contribution in [3.63, 3.8) is 0 Å². The van der Waals surface area contributed by atoms with E-state index >= 15 is 0 Å². The highest BCUT2D eigenvalue weighted by molar-refractivity contribution is 7.99. The minimum atomic E-state index is -0.0118. The van der Waals surface area contributed by atoms with Gasteiger partial charge in [0.2, 0.25) is 5.89 Å². The zero-order valence-electron chi connectivity index (χ0n) is 14.5. The zero-order chi connectivity index (χ0) is 18.4. The summed E-state index contributed by atoms with van der Waals surface area (Å²) >= 11 is 1.22. The molecule has 0 unspecified atom stereocenters. The van der Waals surface area contributed by atoms with E-state index in [0.717, 1.165) is 17.1 Å². The molecule has 0 saturated heterocycles. The Morgan fingerprint density at radius 1 is 1.04 bits per heavy atom. The first-order chi connectivity index (χ1) is 12.7. The summed E-state index contributed by atoms with van der Waals surface area (Å²) in [6, 6.07) is 14.4. The minimum absolute atomic E-state index is 0.0118. The van der Waals surface area contributed by atoms with Gasteiger partial charge in [-0.1, -0.05) is 11.8 Å². The van der Waals surface area contributed by atoms with E-state index < -0.39 is 0 Å². The van der Waals surface area contributed by atoms with Crippen molar-refractivity contribution >= 4 is 17.5 Å². The Balaban J connectivity index is 1.59. The molecule has 0 aliphatic heterocycles. The number of Topliss-reactive ketones (excluding diaryl/α,β-unsaturated/α-hetero) is 1. The number of thioether (sulfide) groups is 1. The second-order valence-corrected chi connectivity index (χ2v) is 6.20. The monoisotopic (exact) mass is 370 g/mol. The first kappa shape index (κ1) is 18.0. The van der Waals surface area contributed by atoms with Crippen LogP contribution in [0, 0.1) is 0 Å². The lowest BCUT2D eigenvalue weighted by Gasteiger charge is -2.03. The molecule has 0 radical (unpaired) electrons. The first-order valence-electron chi connectivity index (χ1n) is 8.06. The average molecular weight is 370 g/mol. The van der Waals surface area contributed by atoms with Crippen LogP contribution in [0.5, 0.6) is 11.5 Å². The number of ether oxygens (including phenoxy) is 2. The molecule has 0 N–H and O–H groups in total. The van der Waals surface area contributed by atoms with Gasteiger partial charge in [0, 0.05) is 11.1 Å². The van der Waals surface area contributed by atoms with Gasteiger partial charge >= 0.3 is 0 Å². The molecule has 0 aliphatic carbocycles. The fourth-order valence-corrected chi connectivity index (χ4v) is 2.89. The lowest BCUT2D eigenvalue weighted by Crippen LogP contribution is -2.02. The largest absolute Gasteiger partial charge is 0.497 e. The molecule has 0 bridgehead atoms. The van der Waals surface area contributed by atoms with Gasteiger partial charge in [-0.15, -0.1) is 10.2 Å². The highest BCUT2D eigenvalue weighted by Crippen LogP contribution is 2.25. The van der Waals surface area contributed by atoms with Gasteiger partial charge in [-0.25, -0.2) is 0 Å². The topological polar surface area (TPSA) is 74.5 Å². The fourth-order valence-electron chi connectivity index (χ4n) is 2.23. The molecule has 1 heterocycles. The average Bonchev–Trinajstić information content (AvgIpc) is 3.16. The van der Waals surface area contributed by atoms with Crippen molar-refractivity contribution in [2.45, 2.75) is 12.1 Å². The summed E-state index contributed by atoms with van der Waals surface area (Å²) in [5.74, 6) is 2.12. The molecule has 1 aromatic heterocycles. The Morgan fingerprint density at radius 2 is 1.73 bits per heavy atom. The third-order valence-electron chi connectivity index (χ3n) is 3.56. The molecule has 26 heavy (non-hydrogen) atoms.